The van der Waals surface area contributed by atoms with Crippen molar-refractivity contribution in [3.05, 3.63) is 10.1 Å². The summed E-state index contributed by atoms with van der Waals surface area (Å²) in [6.07, 6.45) is 5.51. The Morgan fingerprint density at radius 3 is 1.86 bits per heavy atom. The third kappa shape index (κ3) is 2.25. The van der Waals surface area contributed by atoms with Gasteiger partial charge in [0, 0.05) is 12.8 Å². The van der Waals surface area contributed by atoms with Crippen LogP contribution in [0, 0.1) is 0 Å². The van der Waals surface area contributed by atoms with Crippen molar-refractivity contribution in [1.29, 1.82) is 0 Å². The summed E-state index contributed by atoms with van der Waals surface area (Å²) < 4.78 is 11.4. The fourth-order valence-electron chi connectivity index (χ4n) is 1.97. The van der Waals surface area contributed by atoms with Gasteiger partial charge in [0.2, 0.25) is 0 Å². The zero-order chi connectivity index (χ0) is 10.0. The van der Waals surface area contributed by atoms with Crippen LogP contribution in [-0.4, -0.2) is 19.0 Å². The van der Waals surface area contributed by atoms with Gasteiger partial charge in [-0.05, 0) is 12.8 Å². The van der Waals surface area contributed by atoms with Crippen molar-refractivity contribution in [2.45, 2.75) is 37.9 Å². The van der Waals surface area contributed by atoms with Crippen molar-refractivity contribution in [1.82, 2.24) is 0 Å². The van der Waals surface area contributed by atoms with E-state index in [-0.39, 0.29) is 0 Å². The van der Waals surface area contributed by atoms with E-state index in [4.69, 9.17) is 32.7 Å². The van der Waals surface area contributed by atoms with Gasteiger partial charge in [-0.1, -0.05) is 29.6 Å². The maximum Gasteiger partial charge on any atom is 0.169 e. The standard InChI is InChI=1S/C10H14Cl2O2/c11-8-6-13-10(14-7-9(8)12)4-2-1-3-5-10/h1-7H2. The van der Waals surface area contributed by atoms with Crippen LogP contribution in [0.5, 0.6) is 0 Å². The first-order valence-corrected chi connectivity index (χ1v) is 5.78. The molecule has 0 bridgehead atoms. The highest BCUT2D eigenvalue weighted by atomic mass is 35.5. The lowest BCUT2D eigenvalue weighted by Gasteiger charge is -2.35. The molecule has 2 rings (SSSR count). The molecular formula is C10H14Cl2O2. The van der Waals surface area contributed by atoms with E-state index < -0.39 is 5.79 Å². The van der Waals surface area contributed by atoms with Crippen LogP contribution in [0.1, 0.15) is 32.1 Å². The maximum absolute atomic E-state index is 5.92. The lowest BCUT2D eigenvalue weighted by atomic mass is 9.94. The van der Waals surface area contributed by atoms with Crippen LogP contribution in [0.25, 0.3) is 0 Å². The second-order valence-corrected chi connectivity index (χ2v) is 4.77. The lowest BCUT2D eigenvalue weighted by molar-refractivity contribution is -0.238. The van der Waals surface area contributed by atoms with Gasteiger partial charge in [-0.25, -0.2) is 0 Å². The zero-order valence-corrected chi connectivity index (χ0v) is 9.53. The Hall–Kier alpha value is 0.240. The summed E-state index contributed by atoms with van der Waals surface area (Å²) in [5, 5.41) is 1.16. The average Bonchev–Trinajstić information content (AvgIpc) is 2.35. The van der Waals surface area contributed by atoms with Gasteiger partial charge in [0.05, 0.1) is 23.3 Å². The van der Waals surface area contributed by atoms with Gasteiger partial charge in [0.25, 0.3) is 0 Å². The maximum atomic E-state index is 5.92. The van der Waals surface area contributed by atoms with Crippen LogP contribution >= 0.6 is 23.2 Å². The minimum Gasteiger partial charge on any atom is -0.344 e. The first-order chi connectivity index (χ1) is 6.72. The number of rotatable bonds is 0. The highest BCUT2D eigenvalue weighted by Crippen LogP contribution is 2.36. The summed E-state index contributed by atoms with van der Waals surface area (Å²) in [6.45, 7) is 0.779. The van der Waals surface area contributed by atoms with Gasteiger partial charge >= 0.3 is 0 Å². The Kier molecular flexibility index (Phi) is 3.38. The smallest absolute Gasteiger partial charge is 0.169 e. The molecule has 80 valence electrons. The number of hydrogen-bond donors (Lipinski definition) is 0. The third-order valence-corrected chi connectivity index (χ3v) is 3.60. The molecule has 1 fully saturated rings. The number of halogens is 2. The predicted octanol–water partition coefficient (Wildman–Crippen LogP) is 3.38. The second-order valence-electron chi connectivity index (χ2n) is 3.86. The van der Waals surface area contributed by atoms with Gasteiger partial charge in [0.1, 0.15) is 0 Å². The predicted molar refractivity (Wildman–Crippen MR) is 56.5 cm³/mol. The molecule has 0 unspecified atom stereocenters. The first-order valence-electron chi connectivity index (χ1n) is 5.03. The SMILES string of the molecule is ClC1=C(Cl)COC2(CCCCC2)OC1. The average molecular weight is 237 g/mol. The second kappa shape index (κ2) is 4.40. The molecule has 0 aromatic heterocycles. The van der Waals surface area contributed by atoms with E-state index >= 15 is 0 Å². The minimum absolute atomic E-state index is 0.389. The largest absolute Gasteiger partial charge is 0.344 e. The molecule has 0 N–H and O–H groups in total. The minimum atomic E-state index is -0.408. The summed E-state index contributed by atoms with van der Waals surface area (Å²) in [7, 11) is 0. The molecular weight excluding hydrogens is 223 g/mol. The molecule has 1 spiro atoms. The molecule has 2 aliphatic rings. The van der Waals surface area contributed by atoms with Crippen molar-refractivity contribution in [3.63, 3.8) is 0 Å². The van der Waals surface area contributed by atoms with Crippen LogP contribution in [-0.2, 0) is 9.47 Å². The van der Waals surface area contributed by atoms with Gasteiger partial charge in [-0.3, -0.25) is 0 Å². The van der Waals surface area contributed by atoms with Gasteiger partial charge in [0.15, 0.2) is 5.79 Å². The van der Waals surface area contributed by atoms with Gasteiger partial charge in [-0.2, -0.15) is 0 Å². The third-order valence-electron chi connectivity index (χ3n) is 2.83. The Morgan fingerprint density at radius 2 is 1.36 bits per heavy atom. The van der Waals surface area contributed by atoms with E-state index in [1.807, 2.05) is 0 Å². The summed E-state index contributed by atoms with van der Waals surface area (Å²) in [4.78, 5) is 0. The van der Waals surface area contributed by atoms with E-state index in [2.05, 4.69) is 0 Å². The summed E-state index contributed by atoms with van der Waals surface area (Å²) in [5.74, 6) is -0.408. The van der Waals surface area contributed by atoms with E-state index in [1.165, 1.54) is 6.42 Å². The van der Waals surface area contributed by atoms with E-state index in [9.17, 15) is 0 Å². The fourth-order valence-corrected chi connectivity index (χ4v) is 2.19. The zero-order valence-electron chi connectivity index (χ0n) is 8.02. The lowest BCUT2D eigenvalue weighted by Crippen LogP contribution is -2.37. The molecule has 0 radical (unpaired) electrons. The van der Waals surface area contributed by atoms with Gasteiger partial charge in [-0.15, -0.1) is 0 Å². The summed E-state index contributed by atoms with van der Waals surface area (Å²) >= 11 is 11.8. The summed E-state index contributed by atoms with van der Waals surface area (Å²) in [6, 6.07) is 0. The van der Waals surface area contributed by atoms with Crippen molar-refractivity contribution < 1.29 is 9.47 Å². The molecule has 0 amide bonds. The molecule has 0 atom stereocenters. The topological polar surface area (TPSA) is 18.5 Å². The molecule has 1 heterocycles. The Bertz CT molecular complexity index is 227. The van der Waals surface area contributed by atoms with Crippen molar-refractivity contribution in [2.24, 2.45) is 0 Å². The Balaban J connectivity index is 2.03. The van der Waals surface area contributed by atoms with Crippen molar-refractivity contribution in [2.75, 3.05) is 13.2 Å². The molecule has 14 heavy (non-hydrogen) atoms. The van der Waals surface area contributed by atoms with Crippen molar-refractivity contribution in [3.8, 4) is 0 Å². The van der Waals surface area contributed by atoms with Crippen LogP contribution in [0.3, 0.4) is 0 Å². The van der Waals surface area contributed by atoms with E-state index in [0.29, 0.717) is 23.3 Å². The highest BCUT2D eigenvalue weighted by molar-refractivity contribution is 6.39. The molecule has 2 nitrogen and oxygen atoms in total. The van der Waals surface area contributed by atoms with Crippen LogP contribution in [0.2, 0.25) is 0 Å². The quantitative estimate of drug-likeness (QED) is 0.643. The molecule has 0 saturated heterocycles. The molecule has 0 aromatic rings. The Labute approximate surface area is 94.2 Å². The summed E-state index contributed by atoms with van der Waals surface area (Å²) in [5.41, 5.74) is 0. The Morgan fingerprint density at radius 1 is 0.857 bits per heavy atom. The van der Waals surface area contributed by atoms with Crippen LogP contribution in [0.15, 0.2) is 10.1 Å². The fraction of sp³-hybridized carbons (Fsp3) is 0.800. The van der Waals surface area contributed by atoms with Crippen LogP contribution < -0.4 is 0 Å². The monoisotopic (exact) mass is 236 g/mol. The number of hydrogen-bond acceptors (Lipinski definition) is 2. The first kappa shape index (κ1) is 10.7. The van der Waals surface area contributed by atoms with Crippen molar-refractivity contribution >= 4 is 23.2 Å². The van der Waals surface area contributed by atoms with Crippen LogP contribution in [0.4, 0.5) is 0 Å². The molecule has 0 aromatic carbocycles. The van der Waals surface area contributed by atoms with Gasteiger partial charge < -0.3 is 9.47 Å². The molecule has 1 saturated carbocycles. The normalized spacial score (nSPS) is 27.9. The molecule has 1 aliphatic carbocycles. The van der Waals surface area contributed by atoms with E-state index in [0.717, 1.165) is 25.7 Å². The molecule has 1 aliphatic heterocycles. The van der Waals surface area contributed by atoms with E-state index in [1.54, 1.807) is 0 Å². The highest BCUT2D eigenvalue weighted by Gasteiger charge is 2.36. The molecule has 4 heteroatoms. The number of ether oxygens (including phenoxy) is 2.